The Hall–Kier alpha value is -2.14. The molecule has 0 bridgehead atoms. The van der Waals surface area contributed by atoms with Gasteiger partial charge in [-0.05, 0) is 30.4 Å². The molecule has 3 aromatic rings. The Morgan fingerprint density at radius 3 is 2.85 bits per heavy atom. The number of anilines is 1. The van der Waals surface area contributed by atoms with Gasteiger partial charge in [-0.1, -0.05) is 35.0 Å². The minimum Gasteiger partial charge on any atom is -0.397 e. The van der Waals surface area contributed by atoms with E-state index in [1.165, 1.54) is 22.5 Å². The van der Waals surface area contributed by atoms with Crippen molar-refractivity contribution in [3.05, 3.63) is 52.2 Å². The Bertz CT molecular complexity index is 745. The molecule has 1 aromatic carbocycles. The van der Waals surface area contributed by atoms with E-state index >= 15 is 0 Å². The fraction of sp³-hybridized carbons (Fsp3) is 0.200. The van der Waals surface area contributed by atoms with Crippen LogP contribution in [0.3, 0.4) is 0 Å². The molecule has 0 amide bonds. The summed E-state index contributed by atoms with van der Waals surface area (Å²) in [5, 5.41) is 6.03. The molecule has 3 rings (SSSR count). The molecule has 102 valence electrons. The van der Waals surface area contributed by atoms with Crippen LogP contribution in [-0.2, 0) is 6.42 Å². The Kier molecular flexibility index (Phi) is 3.28. The van der Waals surface area contributed by atoms with Gasteiger partial charge in [0.1, 0.15) is 4.88 Å². The van der Waals surface area contributed by atoms with E-state index in [0.29, 0.717) is 18.1 Å². The van der Waals surface area contributed by atoms with E-state index < -0.39 is 0 Å². The largest absolute Gasteiger partial charge is 0.397 e. The number of nitrogen functional groups attached to an aromatic ring is 1. The summed E-state index contributed by atoms with van der Waals surface area (Å²) in [5.74, 6) is 1.18. The molecule has 0 radical (unpaired) electrons. The molecule has 4 nitrogen and oxygen atoms in total. The van der Waals surface area contributed by atoms with Crippen molar-refractivity contribution in [1.82, 2.24) is 10.1 Å². The highest BCUT2D eigenvalue weighted by atomic mass is 32.1. The normalized spacial score (nSPS) is 10.9. The van der Waals surface area contributed by atoms with Gasteiger partial charge in [-0.25, -0.2) is 0 Å². The quantitative estimate of drug-likeness (QED) is 0.798. The summed E-state index contributed by atoms with van der Waals surface area (Å²) >= 11 is 1.53. The third kappa shape index (κ3) is 2.44. The zero-order valence-corrected chi connectivity index (χ0v) is 12.2. The molecule has 20 heavy (non-hydrogen) atoms. The molecule has 2 N–H and O–H groups in total. The van der Waals surface area contributed by atoms with E-state index in [1.807, 2.05) is 18.4 Å². The summed E-state index contributed by atoms with van der Waals surface area (Å²) in [5.41, 5.74) is 10.2. The van der Waals surface area contributed by atoms with Gasteiger partial charge in [0.25, 0.3) is 5.89 Å². The summed E-state index contributed by atoms with van der Waals surface area (Å²) in [6.45, 7) is 4.04. The minimum atomic E-state index is 0.503. The lowest BCUT2D eigenvalue weighted by atomic mass is 10.1. The third-order valence-corrected chi connectivity index (χ3v) is 4.23. The molecule has 0 aliphatic carbocycles. The molecular formula is C15H15N3OS. The predicted octanol–water partition coefficient (Wildman–Crippen LogP) is 3.59. The molecule has 0 saturated heterocycles. The van der Waals surface area contributed by atoms with Gasteiger partial charge in [-0.3, -0.25) is 0 Å². The van der Waals surface area contributed by atoms with Crippen LogP contribution >= 0.6 is 11.3 Å². The summed E-state index contributed by atoms with van der Waals surface area (Å²) in [6.07, 6.45) is 0.662. The molecular weight excluding hydrogens is 270 g/mol. The van der Waals surface area contributed by atoms with E-state index in [0.717, 1.165) is 16.1 Å². The first-order valence-corrected chi connectivity index (χ1v) is 7.23. The Labute approximate surface area is 121 Å². The van der Waals surface area contributed by atoms with Crippen LogP contribution in [0.5, 0.6) is 0 Å². The monoisotopic (exact) mass is 285 g/mol. The van der Waals surface area contributed by atoms with Gasteiger partial charge in [0, 0.05) is 6.42 Å². The van der Waals surface area contributed by atoms with Crippen molar-refractivity contribution in [2.45, 2.75) is 20.3 Å². The van der Waals surface area contributed by atoms with Crippen molar-refractivity contribution in [3.8, 4) is 10.8 Å². The highest BCUT2D eigenvalue weighted by Gasteiger charge is 2.15. The van der Waals surface area contributed by atoms with Gasteiger partial charge in [0.2, 0.25) is 0 Å². The first-order valence-electron chi connectivity index (χ1n) is 6.35. The SMILES string of the molecule is Cc1cccc(Cc2noc(-c3scc(C)c3N)n2)c1. The number of hydrogen-bond donors (Lipinski definition) is 1. The van der Waals surface area contributed by atoms with E-state index in [2.05, 4.69) is 35.3 Å². The average Bonchev–Trinajstić information content (AvgIpc) is 2.98. The highest BCUT2D eigenvalue weighted by Crippen LogP contribution is 2.33. The van der Waals surface area contributed by atoms with Crippen molar-refractivity contribution in [3.63, 3.8) is 0 Å². The average molecular weight is 285 g/mol. The maximum atomic E-state index is 6.00. The number of aromatic nitrogens is 2. The summed E-state index contributed by atoms with van der Waals surface area (Å²) in [6, 6.07) is 8.29. The van der Waals surface area contributed by atoms with Crippen LogP contribution in [0.25, 0.3) is 10.8 Å². The van der Waals surface area contributed by atoms with Crippen LogP contribution in [0, 0.1) is 13.8 Å². The number of benzene rings is 1. The third-order valence-electron chi connectivity index (χ3n) is 3.13. The number of thiophene rings is 1. The number of aryl methyl sites for hydroxylation is 2. The van der Waals surface area contributed by atoms with Crippen LogP contribution in [0.15, 0.2) is 34.2 Å². The van der Waals surface area contributed by atoms with Crippen molar-refractivity contribution in [2.75, 3.05) is 5.73 Å². The number of nitrogens with zero attached hydrogens (tertiary/aromatic N) is 2. The van der Waals surface area contributed by atoms with Crippen molar-refractivity contribution < 1.29 is 4.52 Å². The molecule has 0 fully saturated rings. The molecule has 2 heterocycles. The summed E-state index contributed by atoms with van der Waals surface area (Å²) in [7, 11) is 0. The van der Waals surface area contributed by atoms with Crippen LogP contribution in [0.2, 0.25) is 0 Å². The first-order chi connectivity index (χ1) is 9.63. The second-order valence-electron chi connectivity index (χ2n) is 4.84. The fourth-order valence-electron chi connectivity index (χ4n) is 2.04. The molecule has 2 aromatic heterocycles. The molecule has 0 atom stereocenters. The van der Waals surface area contributed by atoms with Gasteiger partial charge in [0.15, 0.2) is 5.82 Å². The Morgan fingerprint density at radius 1 is 1.30 bits per heavy atom. The zero-order valence-electron chi connectivity index (χ0n) is 11.4. The van der Waals surface area contributed by atoms with Crippen LogP contribution < -0.4 is 5.73 Å². The molecule has 0 aliphatic rings. The van der Waals surface area contributed by atoms with Gasteiger partial charge >= 0.3 is 0 Å². The zero-order chi connectivity index (χ0) is 14.1. The van der Waals surface area contributed by atoms with Crippen molar-refractivity contribution in [2.24, 2.45) is 0 Å². The fourth-order valence-corrected chi connectivity index (χ4v) is 2.93. The number of rotatable bonds is 3. The maximum Gasteiger partial charge on any atom is 0.270 e. The lowest BCUT2D eigenvalue weighted by Gasteiger charge is -1.97. The summed E-state index contributed by atoms with van der Waals surface area (Å²) in [4.78, 5) is 5.28. The standard InChI is InChI=1S/C15H15N3OS/c1-9-4-3-5-11(6-9)7-12-17-15(19-18-12)14-13(16)10(2)8-20-14/h3-6,8H,7,16H2,1-2H3. The maximum absolute atomic E-state index is 6.00. The summed E-state index contributed by atoms with van der Waals surface area (Å²) < 4.78 is 5.32. The van der Waals surface area contributed by atoms with Crippen LogP contribution in [0.4, 0.5) is 5.69 Å². The van der Waals surface area contributed by atoms with Gasteiger partial charge in [-0.15, -0.1) is 11.3 Å². The second kappa shape index (κ2) is 5.09. The van der Waals surface area contributed by atoms with Crippen molar-refractivity contribution >= 4 is 17.0 Å². The highest BCUT2D eigenvalue weighted by molar-refractivity contribution is 7.14. The van der Waals surface area contributed by atoms with Gasteiger partial charge in [0.05, 0.1) is 5.69 Å². The molecule has 5 heteroatoms. The smallest absolute Gasteiger partial charge is 0.270 e. The van der Waals surface area contributed by atoms with E-state index in [9.17, 15) is 0 Å². The van der Waals surface area contributed by atoms with Crippen LogP contribution in [0.1, 0.15) is 22.5 Å². The Balaban J connectivity index is 1.85. The van der Waals surface area contributed by atoms with E-state index in [1.54, 1.807) is 0 Å². The lowest BCUT2D eigenvalue weighted by Crippen LogP contribution is -1.91. The van der Waals surface area contributed by atoms with E-state index in [4.69, 9.17) is 10.3 Å². The predicted molar refractivity (Wildman–Crippen MR) is 80.7 cm³/mol. The molecule has 0 spiro atoms. The topological polar surface area (TPSA) is 64.9 Å². The molecule has 0 unspecified atom stereocenters. The first kappa shape index (κ1) is 12.9. The Morgan fingerprint density at radius 2 is 2.15 bits per heavy atom. The van der Waals surface area contributed by atoms with Crippen molar-refractivity contribution in [1.29, 1.82) is 0 Å². The second-order valence-corrected chi connectivity index (χ2v) is 5.72. The number of nitrogens with two attached hydrogens (primary N) is 1. The molecule has 0 aliphatic heterocycles. The van der Waals surface area contributed by atoms with Gasteiger partial charge in [-0.2, -0.15) is 4.98 Å². The lowest BCUT2D eigenvalue weighted by molar-refractivity contribution is 0.425. The molecule has 0 saturated carbocycles. The van der Waals surface area contributed by atoms with Crippen LogP contribution in [-0.4, -0.2) is 10.1 Å². The minimum absolute atomic E-state index is 0.503. The van der Waals surface area contributed by atoms with E-state index in [-0.39, 0.29) is 0 Å². The van der Waals surface area contributed by atoms with Gasteiger partial charge < -0.3 is 10.3 Å². The number of hydrogen-bond acceptors (Lipinski definition) is 5.